The molecule has 1 amide bonds. The molecule has 1 rings (SSSR count). The number of nitrogens with one attached hydrogen (secondary N) is 1. The van der Waals surface area contributed by atoms with Gasteiger partial charge in [-0.15, -0.1) is 0 Å². The summed E-state index contributed by atoms with van der Waals surface area (Å²) in [6, 6.07) is 2.64. The van der Waals surface area contributed by atoms with Crippen LogP contribution in [0.2, 0.25) is 0 Å². The van der Waals surface area contributed by atoms with Gasteiger partial charge in [0.2, 0.25) is 0 Å². The number of rotatable bonds is 4. The predicted octanol–water partition coefficient (Wildman–Crippen LogP) is 2.72. The molecule has 0 radical (unpaired) electrons. The zero-order valence-electron chi connectivity index (χ0n) is 12.7. The Morgan fingerprint density at radius 1 is 1.25 bits per heavy atom. The summed E-state index contributed by atoms with van der Waals surface area (Å²) in [5, 5.41) is 11.8. The van der Waals surface area contributed by atoms with E-state index in [2.05, 4.69) is 31.1 Å². The zero-order chi connectivity index (χ0) is 15.6. The first-order valence-corrected chi connectivity index (χ1v) is 6.52. The Balaban J connectivity index is 2.86. The van der Waals surface area contributed by atoms with E-state index in [0.717, 1.165) is 6.42 Å². The summed E-state index contributed by atoms with van der Waals surface area (Å²) >= 11 is 0. The molecule has 20 heavy (non-hydrogen) atoms. The van der Waals surface area contributed by atoms with Gasteiger partial charge in [-0.25, -0.2) is 4.79 Å². The molecule has 1 aromatic rings. The highest BCUT2D eigenvalue weighted by Gasteiger charge is 2.27. The number of carbonyl (C=O) groups is 2. The second kappa shape index (κ2) is 5.61. The van der Waals surface area contributed by atoms with Gasteiger partial charge in [-0.2, -0.15) is 0 Å². The number of pyridine rings is 1. The zero-order valence-corrected chi connectivity index (χ0v) is 12.7. The summed E-state index contributed by atoms with van der Waals surface area (Å²) in [5.41, 5.74) is -0.144. The number of carbonyl (C=O) groups excluding carboxylic acids is 1. The summed E-state index contributed by atoms with van der Waals surface area (Å²) in [6.45, 7) is 10.2. The topological polar surface area (TPSA) is 79.3 Å². The number of aromatic nitrogens is 1. The number of hydrogen-bond acceptors (Lipinski definition) is 3. The van der Waals surface area contributed by atoms with Crippen molar-refractivity contribution in [1.29, 1.82) is 0 Å². The van der Waals surface area contributed by atoms with Crippen molar-refractivity contribution in [3.8, 4) is 0 Å². The van der Waals surface area contributed by atoms with E-state index >= 15 is 0 Å². The lowest BCUT2D eigenvalue weighted by atomic mass is 9.82. The normalized spacial score (nSPS) is 12.1. The van der Waals surface area contributed by atoms with Crippen molar-refractivity contribution in [1.82, 2.24) is 10.3 Å². The highest BCUT2D eigenvalue weighted by atomic mass is 16.4. The van der Waals surface area contributed by atoms with Crippen LogP contribution in [0, 0.1) is 5.41 Å². The van der Waals surface area contributed by atoms with E-state index in [1.54, 1.807) is 0 Å². The van der Waals surface area contributed by atoms with Gasteiger partial charge in [0.05, 0.1) is 5.56 Å². The molecular weight excluding hydrogens is 256 g/mol. The lowest BCUT2D eigenvalue weighted by Gasteiger charge is -2.33. The maximum absolute atomic E-state index is 12.2. The van der Waals surface area contributed by atoms with Crippen LogP contribution in [0.4, 0.5) is 0 Å². The second-order valence-corrected chi connectivity index (χ2v) is 6.81. The molecule has 0 atom stereocenters. The van der Waals surface area contributed by atoms with Crippen molar-refractivity contribution in [2.24, 2.45) is 5.41 Å². The van der Waals surface area contributed by atoms with Crippen LogP contribution in [0.25, 0.3) is 0 Å². The number of hydrogen-bond donors (Lipinski definition) is 2. The van der Waals surface area contributed by atoms with E-state index in [1.807, 2.05) is 13.8 Å². The third-order valence-corrected chi connectivity index (χ3v) is 2.66. The van der Waals surface area contributed by atoms with Crippen molar-refractivity contribution < 1.29 is 14.7 Å². The van der Waals surface area contributed by atoms with Crippen molar-refractivity contribution in [3.63, 3.8) is 0 Å². The van der Waals surface area contributed by atoms with Crippen LogP contribution in [0.3, 0.4) is 0 Å². The predicted molar refractivity (Wildman–Crippen MR) is 76.8 cm³/mol. The Labute approximate surface area is 119 Å². The summed E-state index contributed by atoms with van der Waals surface area (Å²) < 4.78 is 0. The van der Waals surface area contributed by atoms with Crippen molar-refractivity contribution in [2.45, 2.75) is 46.6 Å². The van der Waals surface area contributed by atoms with Gasteiger partial charge < -0.3 is 10.4 Å². The minimum Gasteiger partial charge on any atom is -0.478 e. The molecule has 0 aliphatic heterocycles. The number of nitrogens with zero attached hydrogens (tertiary/aromatic N) is 1. The van der Waals surface area contributed by atoms with Crippen LogP contribution in [0.1, 0.15) is 61.9 Å². The van der Waals surface area contributed by atoms with Crippen LogP contribution >= 0.6 is 0 Å². The van der Waals surface area contributed by atoms with Gasteiger partial charge in [-0.05, 0) is 37.8 Å². The fraction of sp³-hybridized carbons (Fsp3) is 0.533. The van der Waals surface area contributed by atoms with Crippen molar-refractivity contribution >= 4 is 11.9 Å². The van der Waals surface area contributed by atoms with E-state index in [9.17, 15) is 9.59 Å². The van der Waals surface area contributed by atoms with Crippen LogP contribution in [-0.4, -0.2) is 27.5 Å². The minimum atomic E-state index is -1.07. The van der Waals surface area contributed by atoms with Gasteiger partial charge in [-0.3, -0.25) is 9.78 Å². The van der Waals surface area contributed by atoms with Gasteiger partial charge in [-0.1, -0.05) is 20.8 Å². The quantitative estimate of drug-likeness (QED) is 0.887. The molecule has 2 N–H and O–H groups in total. The average molecular weight is 278 g/mol. The van der Waals surface area contributed by atoms with E-state index in [1.165, 1.54) is 18.3 Å². The average Bonchev–Trinajstić information content (AvgIpc) is 2.25. The minimum absolute atomic E-state index is 0.0544. The van der Waals surface area contributed by atoms with Crippen LogP contribution < -0.4 is 5.32 Å². The maximum Gasteiger partial charge on any atom is 0.335 e. The fourth-order valence-corrected chi connectivity index (χ4v) is 2.43. The fourth-order valence-electron chi connectivity index (χ4n) is 2.43. The van der Waals surface area contributed by atoms with Gasteiger partial charge in [0, 0.05) is 11.7 Å². The first-order chi connectivity index (χ1) is 9.00. The summed E-state index contributed by atoms with van der Waals surface area (Å²) in [4.78, 5) is 27.0. The highest BCUT2D eigenvalue weighted by Crippen LogP contribution is 2.26. The molecule has 1 heterocycles. The highest BCUT2D eigenvalue weighted by molar-refractivity contribution is 5.96. The smallest absolute Gasteiger partial charge is 0.335 e. The molecule has 0 bridgehead atoms. The molecule has 0 saturated carbocycles. The number of aromatic carboxylic acids is 1. The van der Waals surface area contributed by atoms with Crippen molar-refractivity contribution in [2.75, 3.05) is 0 Å². The molecule has 1 aromatic heterocycles. The standard InChI is InChI=1S/C15H22N2O3/c1-14(2,3)9-15(4,5)17-12(18)11-8-10(13(19)20)6-7-16-11/h6-8H,9H2,1-5H3,(H,17,18)(H,19,20). The largest absolute Gasteiger partial charge is 0.478 e. The van der Waals surface area contributed by atoms with E-state index < -0.39 is 11.5 Å². The Morgan fingerprint density at radius 2 is 1.85 bits per heavy atom. The number of carboxylic acids is 1. The lowest BCUT2D eigenvalue weighted by Crippen LogP contribution is -2.46. The Bertz CT molecular complexity index is 516. The molecule has 0 unspecified atom stereocenters. The molecule has 5 heteroatoms. The molecule has 0 saturated heterocycles. The summed E-state index contributed by atoms with van der Waals surface area (Å²) in [5.74, 6) is -1.43. The van der Waals surface area contributed by atoms with Crippen LogP contribution in [-0.2, 0) is 0 Å². The second-order valence-electron chi connectivity index (χ2n) is 6.81. The lowest BCUT2D eigenvalue weighted by molar-refractivity contribution is 0.0696. The van der Waals surface area contributed by atoms with Crippen LogP contribution in [0.15, 0.2) is 18.3 Å². The molecule has 5 nitrogen and oxygen atoms in total. The number of carboxylic acid groups (broad SMARTS) is 1. The molecule has 110 valence electrons. The van der Waals surface area contributed by atoms with Gasteiger partial charge >= 0.3 is 5.97 Å². The van der Waals surface area contributed by atoms with Gasteiger partial charge in [0.15, 0.2) is 0 Å². The van der Waals surface area contributed by atoms with E-state index in [0.29, 0.717) is 0 Å². The SMILES string of the molecule is CC(C)(C)CC(C)(C)NC(=O)c1cc(C(=O)O)ccn1. The third-order valence-electron chi connectivity index (χ3n) is 2.66. The van der Waals surface area contributed by atoms with Gasteiger partial charge in [0.25, 0.3) is 5.91 Å². The van der Waals surface area contributed by atoms with E-state index in [-0.39, 0.29) is 22.6 Å². The van der Waals surface area contributed by atoms with Crippen LogP contribution in [0.5, 0.6) is 0 Å². The Hall–Kier alpha value is -1.91. The molecular formula is C15H22N2O3. The van der Waals surface area contributed by atoms with Crippen molar-refractivity contribution in [3.05, 3.63) is 29.6 Å². The third kappa shape index (κ3) is 4.99. The van der Waals surface area contributed by atoms with Gasteiger partial charge in [0.1, 0.15) is 5.69 Å². The number of amides is 1. The Kier molecular flexibility index (Phi) is 4.53. The first kappa shape index (κ1) is 16.1. The molecule has 0 aliphatic rings. The molecule has 0 fully saturated rings. The first-order valence-electron chi connectivity index (χ1n) is 6.52. The maximum atomic E-state index is 12.2. The molecule has 0 aromatic carbocycles. The summed E-state index contributed by atoms with van der Waals surface area (Å²) in [7, 11) is 0. The Morgan fingerprint density at radius 3 is 2.35 bits per heavy atom. The monoisotopic (exact) mass is 278 g/mol. The molecule has 0 aliphatic carbocycles. The van der Waals surface area contributed by atoms with E-state index in [4.69, 9.17) is 5.11 Å². The molecule has 0 spiro atoms. The summed E-state index contributed by atoms with van der Waals surface area (Å²) in [6.07, 6.45) is 2.12.